The molecule has 0 radical (unpaired) electrons. The van der Waals surface area contributed by atoms with Gasteiger partial charge in [0, 0.05) is 12.0 Å². The van der Waals surface area contributed by atoms with Gasteiger partial charge in [0.25, 0.3) is 0 Å². The summed E-state index contributed by atoms with van der Waals surface area (Å²) in [5.74, 6) is 0. The molecule has 1 aromatic rings. The van der Waals surface area contributed by atoms with Crippen LogP contribution >= 0.6 is 0 Å². The number of rotatable bonds is 6. The van der Waals surface area contributed by atoms with E-state index in [1.54, 1.807) is 0 Å². The lowest BCUT2D eigenvalue weighted by Crippen LogP contribution is -2.32. The average Bonchev–Trinajstić information content (AvgIpc) is 2.29. The molecule has 1 atom stereocenters. The molecular weight excluding hydrogens is 196 g/mol. The second-order valence-electron chi connectivity index (χ2n) is 5.04. The molecule has 0 spiro atoms. The molecule has 2 N–H and O–H groups in total. The largest absolute Gasteiger partial charge is 0.330 e. The van der Waals surface area contributed by atoms with E-state index in [2.05, 4.69) is 56.3 Å². The molecule has 0 saturated heterocycles. The number of nitrogens with zero attached hydrogens (tertiary/aromatic N) is 1. The summed E-state index contributed by atoms with van der Waals surface area (Å²) in [6.45, 7) is 4.10. The van der Waals surface area contributed by atoms with Crippen LogP contribution in [0, 0.1) is 0 Å². The molecule has 1 aromatic carbocycles. The van der Waals surface area contributed by atoms with Crippen molar-refractivity contribution in [2.24, 2.45) is 5.73 Å². The number of hydrogen-bond donors (Lipinski definition) is 1. The van der Waals surface area contributed by atoms with Crippen LogP contribution in [-0.2, 0) is 5.41 Å². The maximum absolute atomic E-state index is 5.94. The molecular formula is C14H24N2. The Morgan fingerprint density at radius 1 is 1.19 bits per heavy atom. The summed E-state index contributed by atoms with van der Waals surface area (Å²) in [6, 6.07) is 10.6. The zero-order valence-corrected chi connectivity index (χ0v) is 10.7. The molecule has 16 heavy (non-hydrogen) atoms. The fraction of sp³-hybridized carbons (Fsp3) is 0.571. The molecule has 0 fully saturated rings. The van der Waals surface area contributed by atoms with Crippen molar-refractivity contribution in [3.63, 3.8) is 0 Å². The van der Waals surface area contributed by atoms with E-state index in [9.17, 15) is 0 Å². The van der Waals surface area contributed by atoms with Gasteiger partial charge in [0.15, 0.2) is 0 Å². The Balaban J connectivity index is 2.63. The van der Waals surface area contributed by atoms with Crippen molar-refractivity contribution in [3.8, 4) is 0 Å². The summed E-state index contributed by atoms with van der Waals surface area (Å²) < 4.78 is 0. The van der Waals surface area contributed by atoms with E-state index in [-0.39, 0.29) is 5.41 Å². The predicted octanol–water partition coefficient (Wildman–Crippen LogP) is 2.24. The predicted molar refractivity (Wildman–Crippen MR) is 70.6 cm³/mol. The van der Waals surface area contributed by atoms with Crippen LogP contribution in [0.4, 0.5) is 0 Å². The molecule has 0 aliphatic rings. The minimum absolute atomic E-state index is 0.122. The molecule has 0 heterocycles. The van der Waals surface area contributed by atoms with Crippen LogP contribution in [-0.4, -0.2) is 32.1 Å². The third kappa shape index (κ3) is 3.62. The van der Waals surface area contributed by atoms with Gasteiger partial charge in [-0.1, -0.05) is 37.3 Å². The van der Waals surface area contributed by atoms with E-state index < -0.39 is 0 Å². The fourth-order valence-corrected chi connectivity index (χ4v) is 1.99. The maximum atomic E-state index is 5.94. The maximum Gasteiger partial charge on any atom is 0.00478 e. The van der Waals surface area contributed by atoms with Gasteiger partial charge < -0.3 is 10.6 Å². The van der Waals surface area contributed by atoms with E-state index >= 15 is 0 Å². The van der Waals surface area contributed by atoms with Crippen molar-refractivity contribution in [1.29, 1.82) is 0 Å². The lowest BCUT2D eigenvalue weighted by Gasteiger charge is -2.29. The van der Waals surface area contributed by atoms with Crippen molar-refractivity contribution in [1.82, 2.24) is 4.90 Å². The highest BCUT2D eigenvalue weighted by molar-refractivity contribution is 5.24. The van der Waals surface area contributed by atoms with Gasteiger partial charge >= 0.3 is 0 Å². The first kappa shape index (κ1) is 13.2. The highest BCUT2D eigenvalue weighted by atomic mass is 15.0. The van der Waals surface area contributed by atoms with Crippen molar-refractivity contribution in [2.45, 2.75) is 25.2 Å². The minimum atomic E-state index is 0.122. The van der Waals surface area contributed by atoms with Gasteiger partial charge in [0.05, 0.1) is 0 Å². The van der Waals surface area contributed by atoms with Crippen LogP contribution in [0.2, 0.25) is 0 Å². The smallest absolute Gasteiger partial charge is 0.00478 e. The molecule has 90 valence electrons. The summed E-state index contributed by atoms with van der Waals surface area (Å²) in [6.07, 6.45) is 2.33. The third-order valence-corrected chi connectivity index (χ3v) is 3.26. The van der Waals surface area contributed by atoms with E-state index in [0.29, 0.717) is 6.54 Å². The second kappa shape index (κ2) is 6.02. The molecule has 0 aliphatic heterocycles. The van der Waals surface area contributed by atoms with Crippen LogP contribution < -0.4 is 5.73 Å². The first-order valence-electron chi connectivity index (χ1n) is 5.99. The van der Waals surface area contributed by atoms with Crippen LogP contribution in [0.15, 0.2) is 30.3 Å². The first-order valence-corrected chi connectivity index (χ1v) is 5.99. The minimum Gasteiger partial charge on any atom is -0.330 e. The van der Waals surface area contributed by atoms with Crippen LogP contribution in [0.3, 0.4) is 0 Å². The zero-order chi connectivity index (χ0) is 12.0. The van der Waals surface area contributed by atoms with Gasteiger partial charge in [-0.05, 0) is 39.0 Å². The normalized spacial score (nSPS) is 15.1. The Morgan fingerprint density at radius 3 is 2.31 bits per heavy atom. The SMILES string of the molecule is CN(C)CCCC(C)(CN)c1ccccc1. The summed E-state index contributed by atoms with van der Waals surface area (Å²) >= 11 is 0. The summed E-state index contributed by atoms with van der Waals surface area (Å²) in [4.78, 5) is 2.22. The molecule has 1 unspecified atom stereocenters. The van der Waals surface area contributed by atoms with Gasteiger partial charge in [0.1, 0.15) is 0 Å². The van der Waals surface area contributed by atoms with Crippen LogP contribution in [0.1, 0.15) is 25.3 Å². The van der Waals surface area contributed by atoms with Crippen molar-refractivity contribution >= 4 is 0 Å². The number of nitrogens with two attached hydrogens (primary N) is 1. The first-order chi connectivity index (χ1) is 7.58. The van der Waals surface area contributed by atoms with E-state index in [1.807, 2.05) is 0 Å². The lowest BCUT2D eigenvalue weighted by atomic mass is 9.78. The monoisotopic (exact) mass is 220 g/mol. The molecule has 2 nitrogen and oxygen atoms in total. The summed E-state index contributed by atoms with van der Waals surface area (Å²) in [5.41, 5.74) is 7.42. The van der Waals surface area contributed by atoms with E-state index in [0.717, 1.165) is 13.0 Å². The van der Waals surface area contributed by atoms with Gasteiger partial charge in [-0.25, -0.2) is 0 Å². The molecule has 0 bridgehead atoms. The van der Waals surface area contributed by atoms with Crippen LogP contribution in [0.5, 0.6) is 0 Å². The van der Waals surface area contributed by atoms with Crippen molar-refractivity contribution in [2.75, 3.05) is 27.2 Å². The Bertz CT molecular complexity index is 295. The third-order valence-electron chi connectivity index (χ3n) is 3.26. The second-order valence-corrected chi connectivity index (χ2v) is 5.04. The molecule has 1 rings (SSSR count). The van der Waals surface area contributed by atoms with Gasteiger partial charge in [-0.15, -0.1) is 0 Å². The lowest BCUT2D eigenvalue weighted by molar-refractivity contribution is 0.351. The molecule has 0 aliphatic carbocycles. The highest BCUT2D eigenvalue weighted by Crippen LogP contribution is 2.27. The van der Waals surface area contributed by atoms with Crippen molar-refractivity contribution < 1.29 is 0 Å². The Labute approximate surface area is 99.5 Å². The Morgan fingerprint density at radius 2 is 1.81 bits per heavy atom. The number of hydrogen-bond acceptors (Lipinski definition) is 2. The van der Waals surface area contributed by atoms with Gasteiger partial charge in [-0.2, -0.15) is 0 Å². The summed E-state index contributed by atoms with van der Waals surface area (Å²) in [5, 5.41) is 0. The molecule has 0 aromatic heterocycles. The van der Waals surface area contributed by atoms with E-state index in [4.69, 9.17) is 5.73 Å². The van der Waals surface area contributed by atoms with E-state index in [1.165, 1.54) is 12.0 Å². The summed E-state index contributed by atoms with van der Waals surface area (Å²) in [7, 11) is 4.23. The standard InChI is InChI=1S/C14H24N2/c1-14(12-15,10-7-11-16(2)3)13-8-5-4-6-9-13/h4-6,8-9H,7,10-12,15H2,1-3H3. The number of benzene rings is 1. The van der Waals surface area contributed by atoms with Crippen molar-refractivity contribution in [3.05, 3.63) is 35.9 Å². The molecule has 0 amide bonds. The highest BCUT2D eigenvalue weighted by Gasteiger charge is 2.23. The fourth-order valence-electron chi connectivity index (χ4n) is 1.99. The quantitative estimate of drug-likeness (QED) is 0.796. The molecule has 2 heteroatoms. The molecule has 0 saturated carbocycles. The van der Waals surface area contributed by atoms with Gasteiger partial charge in [0.2, 0.25) is 0 Å². The van der Waals surface area contributed by atoms with Gasteiger partial charge in [-0.3, -0.25) is 0 Å². The topological polar surface area (TPSA) is 29.3 Å². The Hall–Kier alpha value is -0.860. The Kier molecular flexibility index (Phi) is 4.97. The average molecular weight is 220 g/mol. The van der Waals surface area contributed by atoms with Crippen LogP contribution in [0.25, 0.3) is 0 Å². The zero-order valence-electron chi connectivity index (χ0n) is 10.7.